The van der Waals surface area contributed by atoms with Crippen molar-refractivity contribution in [3.8, 4) is 23.0 Å². The van der Waals surface area contributed by atoms with Crippen LogP contribution in [-0.2, 0) is 11.3 Å². The minimum absolute atomic E-state index is 0.134. The second-order valence-corrected chi connectivity index (χ2v) is 5.42. The van der Waals surface area contributed by atoms with Gasteiger partial charge in [0.1, 0.15) is 0 Å². The number of methoxy groups -OCH3 is 3. The molecule has 0 unspecified atom stereocenters. The molecule has 0 heterocycles. The standard InChI is InChI=1S/C18H20ClNO5/c1-22-14-6-4-5-7-15(14)25-11-18(21)20-10-12-8-16(23-2)17(24-3)9-13(12)19/h4-9H,10-11H2,1-3H3,(H,20,21). The molecule has 0 radical (unpaired) electrons. The zero-order valence-corrected chi connectivity index (χ0v) is 15.1. The summed E-state index contributed by atoms with van der Waals surface area (Å²) < 4.78 is 21.1. The van der Waals surface area contributed by atoms with Gasteiger partial charge in [0.25, 0.3) is 5.91 Å². The van der Waals surface area contributed by atoms with Gasteiger partial charge in [-0.1, -0.05) is 23.7 Å². The van der Waals surface area contributed by atoms with Crippen LogP contribution in [0.4, 0.5) is 0 Å². The Morgan fingerprint density at radius 3 is 2.20 bits per heavy atom. The maximum atomic E-state index is 12.0. The fraction of sp³-hybridized carbons (Fsp3) is 0.278. The van der Waals surface area contributed by atoms with Crippen molar-refractivity contribution < 1.29 is 23.7 Å². The van der Waals surface area contributed by atoms with Crippen LogP contribution in [0.15, 0.2) is 36.4 Å². The molecule has 6 nitrogen and oxygen atoms in total. The average molecular weight is 366 g/mol. The Balaban J connectivity index is 1.94. The lowest BCUT2D eigenvalue weighted by atomic mass is 10.2. The van der Waals surface area contributed by atoms with Gasteiger partial charge in [-0.25, -0.2) is 0 Å². The molecule has 0 aliphatic carbocycles. The zero-order chi connectivity index (χ0) is 18.2. The number of para-hydroxylation sites is 2. The number of nitrogens with one attached hydrogen (secondary N) is 1. The maximum Gasteiger partial charge on any atom is 0.258 e. The number of benzene rings is 2. The van der Waals surface area contributed by atoms with E-state index in [0.29, 0.717) is 33.6 Å². The van der Waals surface area contributed by atoms with Crippen molar-refractivity contribution >= 4 is 17.5 Å². The van der Waals surface area contributed by atoms with Crippen LogP contribution in [0, 0.1) is 0 Å². The van der Waals surface area contributed by atoms with Gasteiger partial charge < -0.3 is 24.3 Å². The third-order valence-electron chi connectivity index (χ3n) is 3.46. The molecule has 25 heavy (non-hydrogen) atoms. The van der Waals surface area contributed by atoms with Crippen LogP contribution in [0.3, 0.4) is 0 Å². The minimum atomic E-state index is -0.281. The van der Waals surface area contributed by atoms with Gasteiger partial charge >= 0.3 is 0 Å². The van der Waals surface area contributed by atoms with E-state index in [-0.39, 0.29) is 19.1 Å². The molecule has 0 aliphatic heterocycles. The number of halogens is 1. The number of carbonyl (C=O) groups excluding carboxylic acids is 1. The molecule has 0 atom stereocenters. The van der Waals surface area contributed by atoms with E-state index in [4.69, 9.17) is 30.5 Å². The largest absolute Gasteiger partial charge is 0.493 e. The van der Waals surface area contributed by atoms with Crippen LogP contribution in [-0.4, -0.2) is 33.8 Å². The van der Waals surface area contributed by atoms with Gasteiger partial charge in [0.2, 0.25) is 0 Å². The van der Waals surface area contributed by atoms with Gasteiger partial charge in [0.05, 0.1) is 21.3 Å². The molecule has 0 bridgehead atoms. The van der Waals surface area contributed by atoms with E-state index in [1.807, 2.05) is 6.07 Å². The number of amides is 1. The summed E-state index contributed by atoms with van der Waals surface area (Å²) in [6, 6.07) is 10.5. The van der Waals surface area contributed by atoms with Crippen LogP contribution in [0.2, 0.25) is 5.02 Å². The number of hydrogen-bond acceptors (Lipinski definition) is 5. The molecule has 0 saturated heterocycles. The third-order valence-corrected chi connectivity index (χ3v) is 3.81. The maximum absolute atomic E-state index is 12.0. The molecule has 1 amide bonds. The quantitative estimate of drug-likeness (QED) is 0.778. The fourth-order valence-corrected chi connectivity index (χ4v) is 2.38. The molecule has 2 aromatic carbocycles. The van der Waals surface area contributed by atoms with Crippen LogP contribution >= 0.6 is 11.6 Å². The Labute approximate surface area is 151 Å². The highest BCUT2D eigenvalue weighted by atomic mass is 35.5. The predicted molar refractivity (Wildman–Crippen MR) is 94.9 cm³/mol. The highest BCUT2D eigenvalue weighted by molar-refractivity contribution is 6.31. The van der Waals surface area contributed by atoms with Crippen molar-refractivity contribution in [1.82, 2.24) is 5.32 Å². The smallest absolute Gasteiger partial charge is 0.258 e. The second kappa shape index (κ2) is 9.03. The molecule has 0 aromatic heterocycles. The van der Waals surface area contributed by atoms with Gasteiger partial charge in [-0.05, 0) is 23.8 Å². The van der Waals surface area contributed by atoms with Crippen molar-refractivity contribution in [2.75, 3.05) is 27.9 Å². The van der Waals surface area contributed by atoms with E-state index >= 15 is 0 Å². The van der Waals surface area contributed by atoms with Crippen molar-refractivity contribution in [3.05, 3.63) is 47.0 Å². The zero-order valence-electron chi connectivity index (χ0n) is 14.3. The lowest BCUT2D eigenvalue weighted by Gasteiger charge is -2.13. The molecular formula is C18H20ClNO5. The van der Waals surface area contributed by atoms with Crippen LogP contribution in [0.1, 0.15) is 5.56 Å². The first kappa shape index (κ1) is 18.7. The summed E-state index contributed by atoms with van der Waals surface area (Å²) in [7, 11) is 4.61. The van der Waals surface area contributed by atoms with Gasteiger partial charge in [0.15, 0.2) is 29.6 Å². The lowest BCUT2D eigenvalue weighted by molar-refractivity contribution is -0.123. The van der Waals surface area contributed by atoms with Crippen molar-refractivity contribution in [3.63, 3.8) is 0 Å². The molecule has 0 saturated carbocycles. The normalized spacial score (nSPS) is 10.1. The van der Waals surface area contributed by atoms with E-state index in [1.54, 1.807) is 37.4 Å². The van der Waals surface area contributed by atoms with E-state index in [1.165, 1.54) is 14.2 Å². The van der Waals surface area contributed by atoms with Gasteiger partial charge in [-0.2, -0.15) is 0 Å². The summed E-state index contributed by atoms with van der Waals surface area (Å²) in [6.07, 6.45) is 0. The van der Waals surface area contributed by atoms with Crippen LogP contribution < -0.4 is 24.3 Å². The van der Waals surface area contributed by atoms with Crippen LogP contribution in [0.5, 0.6) is 23.0 Å². The first-order chi connectivity index (χ1) is 12.1. The Kier molecular flexibility index (Phi) is 6.77. The first-order valence-electron chi connectivity index (χ1n) is 7.52. The second-order valence-electron chi connectivity index (χ2n) is 5.01. The molecule has 0 aliphatic rings. The SMILES string of the molecule is COc1cc(Cl)c(CNC(=O)COc2ccccc2OC)cc1OC. The van der Waals surface area contributed by atoms with Gasteiger partial charge in [-0.15, -0.1) is 0 Å². The Hall–Kier alpha value is -2.60. The Bertz CT molecular complexity index is 735. The molecular weight excluding hydrogens is 346 g/mol. The Morgan fingerprint density at radius 1 is 0.960 bits per heavy atom. The summed E-state index contributed by atoms with van der Waals surface area (Å²) in [5, 5.41) is 3.23. The predicted octanol–water partition coefficient (Wildman–Crippen LogP) is 3.06. The molecule has 2 rings (SSSR count). The highest BCUT2D eigenvalue weighted by Crippen LogP contribution is 2.33. The van der Waals surface area contributed by atoms with Crippen molar-refractivity contribution in [2.45, 2.75) is 6.54 Å². The summed E-state index contributed by atoms with van der Waals surface area (Å²) in [6.45, 7) is 0.110. The molecule has 0 spiro atoms. The molecule has 2 aromatic rings. The minimum Gasteiger partial charge on any atom is -0.493 e. The van der Waals surface area contributed by atoms with Gasteiger partial charge in [0, 0.05) is 17.6 Å². The number of hydrogen-bond donors (Lipinski definition) is 1. The van der Waals surface area contributed by atoms with Crippen molar-refractivity contribution in [1.29, 1.82) is 0 Å². The lowest BCUT2D eigenvalue weighted by Crippen LogP contribution is -2.28. The highest BCUT2D eigenvalue weighted by Gasteiger charge is 2.12. The molecule has 1 N–H and O–H groups in total. The number of ether oxygens (including phenoxy) is 4. The average Bonchev–Trinajstić information content (AvgIpc) is 2.65. The first-order valence-corrected chi connectivity index (χ1v) is 7.89. The summed E-state index contributed by atoms with van der Waals surface area (Å²) in [5.41, 5.74) is 0.713. The van der Waals surface area contributed by atoms with Crippen LogP contribution in [0.25, 0.3) is 0 Å². The fourth-order valence-electron chi connectivity index (χ4n) is 2.16. The summed E-state index contributed by atoms with van der Waals surface area (Å²) >= 11 is 6.20. The topological polar surface area (TPSA) is 66.0 Å². The Morgan fingerprint density at radius 2 is 1.56 bits per heavy atom. The van der Waals surface area contributed by atoms with E-state index < -0.39 is 0 Å². The van der Waals surface area contributed by atoms with Gasteiger partial charge in [-0.3, -0.25) is 4.79 Å². The molecule has 0 fully saturated rings. The monoisotopic (exact) mass is 365 g/mol. The number of carbonyl (C=O) groups is 1. The molecule has 7 heteroatoms. The van der Waals surface area contributed by atoms with E-state index in [9.17, 15) is 4.79 Å². The third kappa shape index (κ3) is 4.93. The molecule has 134 valence electrons. The van der Waals surface area contributed by atoms with E-state index in [2.05, 4.69) is 5.32 Å². The summed E-state index contributed by atoms with van der Waals surface area (Å²) in [5.74, 6) is 1.86. The van der Waals surface area contributed by atoms with E-state index in [0.717, 1.165) is 0 Å². The van der Waals surface area contributed by atoms with Crippen molar-refractivity contribution in [2.24, 2.45) is 0 Å². The number of rotatable bonds is 8. The summed E-state index contributed by atoms with van der Waals surface area (Å²) in [4.78, 5) is 12.0.